The van der Waals surface area contributed by atoms with Crippen LogP contribution in [-0.4, -0.2) is 116 Å². The summed E-state index contributed by atoms with van der Waals surface area (Å²) in [5.41, 5.74) is 5.80. The molecule has 0 aliphatic carbocycles. The van der Waals surface area contributed by atoms with Crippen LogP contribution >= 0.6 is 23.5 Å². The van der Waals surface area contributed by atoms with E-state index in [4.69, 9.17) is 15.2 Å². The minimum absolute atomic E-state index is 0.0107. The predicted molar refractivity (Wildman–Crippen MR) is 122 cm³/mol. The number of ether oxygens (including phenoxy) is 2. The Bertz CT molecular complexity index is 1360. The van der Waals surface area contributed by atoms with Gasteiger partial charge in [-0.05, 0) is 0 Å². The van der Waals surface area contributed by atoms with E-state index in [2.05, 4.69) is 32.8 Å². The summed E-state index contributed by atoms with van der Waals surface area (Å²) in [5.74, 6) is -0.0509. The van der Waals surface area contributed by atoms with Crippen LogP contribution in [-0.2, 0) is 41.1 Å². The Morgan fingerprint density at radius 2 is 1.48 bits per heavy atom. The number of rotatable bonds is 11. The van der Waals surface area contributed by atoms with Gasteiger partial charge in [0.15, 0.2) is 24.0 Å². The van der Waals surface area contributed by atoms with Crippen molar-refractivity contribution in [2.75, 3.05) is 18.9 Å². The Morgan fingerprint density at radius 3 is 2.02 bits per heavy atom. The van der Waals surface area contributed by atoms with E-state index in [9.17, 15) is 53.7 Å². The highest BCUT2D eigenvalue weighted by molar-refractivity contribution is 7.61. The Kier molecular flexibility index (Phi) is 9.14. The van der Waals surface area contributed by atoms with Crippen molar-refractivity contribution < 1.29 is 81.1 Å². The first-order valence-corrected chi connectivity index (χ1v) is 15.4. The molecule has 0 spiro atoms. The van der Waals surface area contributed by atoms with Crippen LogP contribution in [0.2, 0.25) is 0 Å². The summed E-state index contributed by atoms with van der Waals surface area (Å²) in [5, 5.41) is 39.0. The molecule has 10 N–H and O–H groups in total. The van der Waals surface area contributed by atoms with E-state index in [1.54, 1.807) is 0 Å². The molecule has 0 saturated carbocycles. The predicted octanol–water partition coefficient (Wildman–Crippen LogP) is -3.17. The largest absolute Gasteiger partial charge is 0.481 e. The molecule has 40 heavy (non-hydrogen) atoms. The van der Waals surface area contributed by atoms with Crippen LogP contribution < -0.4 is 5.73 Å². The molecule has 25 heteroatoms. The smallest absolute Gasteiger partial charge is 0.387 e. The molecule has 22 nitrogen and oxygen atoms in total. The van der Waals surface area contributed by atoms with E-state index in [1.165, 1.54) is 0 Å². The van der Waals surface area contributed by atoms with Crippen LogP contribution in [0.15, 0.2) is 12.7 Å². The van der Waals surface area contributed by atoms with Crippen molar-refractivity contribution in [1.29, 1.82) is 0 Å². The van der Waals surface area contributed by atoms with E-state index in [1.807, 2.05) is 0 Å². The third kappa shape index (κ3) is 7.09. The van der Waals surface area contributed by atoms with Crippen LogP contribution in [0, 0.1) is 0 Å². The van der Waals surface area contributed by atoms with Gasteiger partial charge in [-0.3, -0.25) is 18.1 Å². The average molecular weight is 639 g/mol. The molecular formula is C15H24N5O17P3. The zero-order valence-corrected chi connectivity index (χ0v) is 22.3. The molecule has 0 aromatic carbocycles. The highest BCUT2D eigenvalue weighted by atomic mass is 31.3. The molecule has 10 atom stereocenters. The van der Waals surface area contributed by atoms with Gasteiger partial charge in [-0.1, -0.05) is 0 Å². The molecule has 4 heterocycles. The third-order valence-electron chi connectivity index (χ3n) is 5.58. The van der Waals surface area contributed by atoms with Gasteiger partial charge in [-0.25, -0.2) is 28.6 Å². The van der Waals surface area contributed by atoms with E-state index in [0.29, 0.717) is 0 Å². The quantitative estimate of drug-likeness (QED) is 0.109. The number of nitrogens with two attached hydrogens (primary N) is 1. The number of phosphoric acid groups is 3. The van der Waals surface area contributed by atoms with Gasteiger partial charge in [0, 0.05) is 0 Å². The highest BCUT2D eigenvalue weighted by Crippen LogP contribution is 2.61. The Morgan fingerprint density at radius 1 is 0.875 bits per heavy atom. The molecule has 226 valence electrons. The molecule has 2 aliphatic rings. The van der Waals surface area contributed by atoms with Crippen LogP contribution in [0.5, 0.6) is 0 Å². The topological polar surface area (TPSA) is 338 Å². The van der Waals surface area contributed by atoms with Crippen molar-refractivity contribution in [3.8, 4) is 0 Å². The van der Waals surface area contributed by atoms with Crippen molar-refractivity contribution in [3.63, 3.8) is 0 Å². The van der Waals surface area contributed by atoms with Gasteiger partial charge >= 0.3 is 23.5 Å². The maximum Gasteiger partial charge on any atom is 0.481 e. The lowest BCUT2D eigenvalue weighted by Crippen LogP contribution is -2.35. The van der Waals surface area contributed by atoms with Gasteiger partial charge in [0.05, 0.1) is 19.5 Å². The van der Waals surface area contributed by atoms with Gasteiger partial charge in [0.1, 0.15) is 48.5 Å². The molecule has 0 radical (unpaired) electrons. The lowest BCUT2D eigenvalue weighted by Gasteiger charge is -2.22. The number of phosphoric ester groups is 3. The van der Waals surface area contributed by atoms with Crippen LogP contribution in [0.25, 0.3) is 11.2 Å². The molecule has 2 fully saturated rings. The molecule has 2 aromatic rings. The molecule has 4 unspecified atom stereocenters. The number of imidazole rings is 1. The average Bonchev–Trinajstić information content (AvgIpc) is 3.47. The number of hydrogen-bond donors (Lipinski definition) is 9. The number of fused-ring (bicyclic) bond motifs is 1. The summed E-state index contributed by atoms with van der Waals surface area (Å²) in [6.07, 6.45) is -11.6. The summed E-state index contributed by atoms with van der Waals surface area (Å²) in [6.45, 7) is -2.03. The minimum atomic E-state index is -5.46. The highest BCUT2D eigenvalue weighted by Gasteiger charge is 2.50. The number of hydrogen-bond acceptors (Lipinski definition) is 17. The maximum absolute atomic E-state index is 12.3. The molecule has 4 rings (SSSR count). The first kappa shape index (κ1) is 31.4. The number of nitrogens with zero attached hydrogens (tertiary/aromatic N) is 4. The molecule has 2 aliphatic heterocycles. The second kappa shape index (κ2) is 11.6. The monoisotopic (exact) mass is 639 g/mol. The Balaban J connectivity index is 1.42. The molecule has 2 saturated heterocycles. The van der Waals surface area contributed by atoms with Crippen molar-refractivity contribution in [3.05, 3.63) is 12.7 Å². The molecule has 0 amide bonds. The van der Waals surface area contributed by atoms with Crippen molar-refractivity contribution in [1.82, 2.24) is 19.5 Å². The van der Waals surface area contributed by atoms with Gasteiger partial charge in [0.25, 0.3) is 0 Å². The van der Waals surface area contributed by atoms with Crippen LogP contribution in [0.1, 0.15) is 6.23 Å². The molecule has 0 bridgehead atoms. The number of aromatic nitrogens is 4. The summed E-state index contributed by atoms with van der Waals surface area (Å²) >= 11 is 0. The Labute approximate surface area is 222 Å². The minimum Gasteiger partial charge on any atom is -0.387 e. The standard InChI is InChI=1S/C15H24N5O17P3/c16-12-7-13(18-3-17-12)20(4-19-7)14-11(36-38(25,26)27)9(22)6(34-14)2-33-40(30,31)37-39(28,29)32-1-5-8(21)10(23)15(24)35-5/h3-6,8-11,14-15,21-24H,1-2H2,(H,28,29)(H,30,31)(H2,16,17,18)(H2,25,26,27)/t5-,6-,8+,9?,10?,11+,14-,15-/m1/s1. The van der Waals surface area contributed by atoms with E-state index in [-0.39, 0.29) is 17.0 Å². The fraction of sp³-hybridized carbons (Fsp3) is 0.667. The summed E-state index contributed by atoms with van der Waals surface area (Å²) in [6, 6.07) is 0. The summed E-state index contributed by atoms with van der Waals surface area (Å²) < 4.78 is 65.1. The van der Waals surface area contributed by atoms with Crippen LogP contribution in [0.3, 0.4) is 0 Å². The lowest BCUT2D eigenvalue weighted by atomic mass is 10.1. The number of aliphatic hydroxyl groups is 4. The van der Waals surface area contributed by atoms with E-state index >= 15 is 0 Å². The van der Waals surface area contributed by atoms with Crippen LogP contribution in [0.4, 0.5) is 5.82 Å². The SMILES string of the molecule is Nc1ncnc2c1ncn2[C@@H]1O[C@H](COP(=O)(O)OP(=O)(O)OC[C@H]2O[C@@H](O)C(O)[C@H]2O)C(O)[C@@H]1OP(=O)(O)O. The normalized spacial score (nSPS) is 34.2. The fourth-order valence-electron chi connectivity index (χ4n) is 3.79. The molecule has 2 aromatic heterocycles. The Hall–Kier alpha value is -1.52. The second-order valence-corrected chi connectivity index (χ2v) is 12.6. The number of anilines is 1. The first-order valence-electron chi connectivity index (χ1n) is 10.8. The summed E-state index contributed by atoms with van der Waals surface area (Å²) in [4.78, 5) is 49.9. The van der Waals surface area contributed by atoms with Crippen molar-refractivity contribution >= 4 is 40.4 Å². The first-order chi connectivity index (χ1) is 18.5. The third-order valence-corrected chi connectivity index (χ3v) is 8.70. The fourth-order valence-corrected chi connectivity index (χ4v) is 6.42. The lowest BCUT2D eigenvalue weighted by molar-refractivity contribution is -0.132. The number of nitrogen functional groups attached to an aromatic ring is 1. The second-order valence-electron chi connectivity index (χ2n) is 8.36. The zero-order chi connectivity index (χ0) is 29.6. The van der Waals surface area contributed by atoms with Gasteiger partial charge in [-0.15, -0.1) is 0 Å². The van der Waals surface area contributed by atoms with E-state index in [0.717, 1.165) is 17.2 Å². The van der Waals surface area contributed by atoms with Gasteiger partial charge < -0.3 is 55.2 Å². The van der Waals surface area contributed by atoms with Gasteiger partial charge in [-0.2, -0.15) is 4.31 Å². The summed E-state index contributed by atoms with van der Waals surface area (Å²) in [7, 11) is -16.1. The zero-order valence-electron chi connectivity index (χ0n) is 19.6. The maximum atomic E-state index is 12.3. The molecular weight excluding hydrogens is 615 g/mol. The van der Waals surface area contributed by atoms with Gasteiger partial charge in [0.2, 0.25) is 0 Å². The number of aliphatic hydroxyl groups excluding tert-OH is 4. The van der Waals surface area contributed by atoms with E-state index < -0.39 is 85.8 Å². The van der Waals surface area contributed by atoms with Crippen molar-refractivity contribution in [2.24, 2.45) is 0 Å². The van der Waals surface area contributed by atoms with Crippen molar-refractivity contribution in [2.45, 2.75) is 49.1 Å².